The summed E-state index contributed by atoms with van der Waals surface area (Å²) in [7, 11) is 0. The Bertz CT molecular complexity index is 777. The first kappa shape index (κ1) is 11.7. The van der Waals surface area contributed by atoms with Crippen molar-refractivity contribution in [2.24, 2.45) is 0 Å². The Balaban J connectivity index is 2.27. The number of aromatic nitrogens is 1. The lowest BCUT2D eigenvalue weighted by molar-refractivity contribution is 0.111. The maximum atomic E-state index is 10.9. The fraction of sp³-hybridized carbons (Fsp3) is 0. The van der Waals surface area contributed by atoms with E-state index in [0.717, 1.165) is 33.9 Å². The molecular weight excluding hydrogens is 258 g/mol. The van der Waals surface area contributed by atoms with E-state index in [4.69, 9.17) is 0 Å². The molecule has 0 aliphatic heterocycles. The van der Waals surface area contributed by atoms with Gasteiger partial charge in [0, 0.05) is 27.6 Å². The summed E-state index contributed by atoms with van der Waals surface area (Å²) in [6.07, 6.45) is 3.40. The van der Waals surface area contributed by atoms with Gasteiger partial charge in [-0.2, -0.15) is 0 Å². The quantitative estimate of drug-likeness (QED) is 0.681. The molecular formula is C15H9NO2S. The van der Waals surface area contributed by atoms with Crippen LogP contribution in [0, 0.1) is 0 Å². The molecule has 3 rings (SSSR count). The van der Waals surface area contributed by atoms with Crippen LogP contribution in [-0.2, 0) is 0 Å². The van der Waals surface area contributed by atoms with E-state index >= 15 is 0 Å². The molecule has 92 valence electrons. The fourth-order valence-electron chi connectivity index (χ4n) is 2.01. The third-order valence-corrected chi connectivity index (χ3v) is 3.95. The normalized spacial score (nSPS) is 10.5. The molecule has 0 aliphatic rings. The summed E-state index contributed by atoms with van der Waals surface area (Å²) >= 11 is 1.43. The first-order chi connectivity index (χ1) is 9.31. The number of thiophene rings is 1. The Morgan fingerprint density at radius 3 is 2.63 bits per heavy atom. The first-order valence-electron chi connectivity index (χ1n) is 5.71. The molecule has 0 atom stereocenters. The minimum Gasteiger partial charge on any atom is -0.298 e. The summed E-state index contributed by atoms with van der Waals surface area (Å²) in [5.74, 6) is 0. The second-order valence-corrected chi connectivity index (χ2v) is 5.19. The Hall–Kier alpha value is -2.33. The van der Waals surface area contributed by atoms with Crippen molar-refractivity contribution in [2.75, 3.05) is 0 Å². The molecule has 0 bridgehead atoms. The first-order valence-corrected chi connectivity index (χ1v) is 6.53. The van der Waals surface area contributed by atoms with Gasteiger partial charge in [-0.1, -0.05) is 0 Å². The van der Waals surface area contributed by atoms with Crippen molar-refractivity contribution in [1.29, 1.82) is 0 Å². The number of hydrogen-bond donors (Lipinski definition) is 0. The van der Waals surface area contributed by atoms with Crippen LogP contribution in [0.3, 0.4) is 0 Å². The summed E-state index contributed by atoms with van der Waals surface area (Å²) in [5.41, 5.74) is 2.45. The molecule has 0 aliphatic carbocycles. The van der Waals surface area contributed by atoms with Crippen molar-refractivity contribution in [2.45, 2.75) is 0 Å². The van der Waals surface area contributed by atoms with Crippen LogP contribution in [0.25, 0.3) is 21.3 Å². The number of fused-ring (bicyclic) bond motifs is 1. The van der Waals surface area contributed by atoms with E-state index in [9.17, 15) is 9.59 Å². The molecule has 0 fully saturated rings. The van der Waals surface area contributed by atoms with Crippen molar-refractivity contribution in [3.63, 3.8) is 0 Å². The number of carbonyl (C=O) groups is 2. The molecule has 0 spiro atoms. The number of aldehydes is 2. The van der Waals surface area contributed by atoms with Crippen LogP contribution in [0.1, 0.15) is 20.0 Å². The Morgan fingerprint density at radius 1 is 1.00 bits per heavy atom. The SMILES string of the molecule is O=Cc1ccc2nccc(-c3ccc(C=O)s3)c2c1. The van der Waals surface area contributed by atoms with Crippen LogP contribution in [0.4, 0.5) is 0 Å². The summed E-state index contributed by atoms with van der Waals surface area (Å²) in [4.78, 5) is 27.6. The maximum Gasteiger partial charge on any atom is 0.160 e. The zero-order valence-corrected chi connectivity index (χ0v) is 10.7. The van der Waals surface area contributed by atoms with Gasteiger partial charge in [-0.15, -0.1) is 11.3 Å². The average molecular weight is 267 g/mol. The number of nitrogens with zero attached hydrogens (tertiary/aromatic N) is 1. The second-order valence-electron chi connectivity index (χ2n) is 4.07. The van der Waals surface area contributed by atoms with Gasteiger partial charge in [-0.3, -0.25) is 14.6 Å². The molecule has 0 radical (unpaired) electrons. The second kappa shape index (κ2) is 4.74. The van der Waals surface area contributed by atoms with Crippen molar-refractivity contribution >= 4 is 34.8 Å². The summed E-state index contributed by atoms with van der Waals surface area (Å²) in [5, 5.41) is 0.923. The lowest BCUT2D eigenvalue weighted by Crippen LogP contribution is -1.85. The Morgan fingerprint density at radius 2 is 1.89 bits per heavy atom. The largest absolute Gasteiger partial charge is 0.298 e. The Labute approximate surface area is 113 Å². The van der Waals surface area contributed by atoms with Crippen molar-refractivity contribution < 1.29 is 9.59 Å². The van der Waals surface area contributed by atoms with E-state index in [1.54, 1.807) is 18.3 Å². The van der Waals surface area contributed by atoms with E-state index in [2.05, 4.69) is 4.98 Å². The zero-order chi connectivity index (χ0) is 13.2. The maximum absolute atomic E-state index is 10.9. The molecule has 1 aromatic carbocycles. The average Bonchev–Trinajstić information content (AvgIpc) is 2.94. The van der Waals surface area contributed by atoms with Crippen LogP contribution in [0.5, 0.6) is 0 Å². The number of pyridine rings is 1. The van der Waals surface area contributed by atoms with Crippen molar-refractivity contribution in [1.82, 2.24) is 4.98 Å². The van der Waals surface area contributed by atoms with E-state index in [1.165, 1.54) is 11.3 Å². The number of carbonyl (C=O) groups excluding carboxylic acids is 2. The van der Waals surface area contributed by atoms with Crippen molar-refractivity contribution in [3.05, 3.63) is 53.0 Å². The molecule has 2 aromatic heterocycles. The van der Waals surface area contributed by atoms with Gasteiger partial charge in [0.2, 0.25) is 0 Å². The molecule has 4 heteroatoms. The summed E-state index contributed by atoms with van der Waals surface area (Å²) in [6, 6.07) is 11.0. The molecule has 3 aromatic rings. The lowest BCUT2D eigenvalue weighted by atomic mass is 10.1. The smallest absolute Gasteiger partial charge is 0.160 e. The van der Waals surface area contributed by atoms with E-state index in [1.807, 2.05) is 24.3 Å². The summed E-state index contributed by atoms with van der Waals surface area (Å²) < 4.78 is 0. The zero-order valence-electron chi connectivity index (χ0n) is 9.87. The highest BCUT2D eigenvalue weighted by Crippen LogP contribution is 2.32. The van der Waals surface area contributed by atoms with E-state index in [0.29, 0.717) is 10.4 Å². The molecule has 3 nitrogen and oxygen atoms in total. The van der Waals surface area contributed by atoms with E-state index < -0.39 is 0 Å². The third-order valence-electron chi connectivity index (χ3n) is 2.91. The minimum atomic E-state index is 0.619. The predicted octanol–water partition coefficient (Wildman–Crippen LogP) is 3.59. The standard InChI is InChI=1S/C15H9NO2S/c17-8-10-1-3-14-13(7-10)12(5-6-16-14)15-4-2-11(9-18)19-15/h1-9H. The van der Waals surface area contributed by atoms with Gasteiger partial charge in [0.15, 0.2) is 6.29 Å². The van der Waals surface area contributed by atoms with Gasteiger partial charge in [-0.05, 0) is 36.4 Å². The highest BCUT2D eigenvalue weighted by molar-refractivity contribution is 7.17. The summed E-state index contributed by atoms with van der Waals surface area (Å²) in [6.45, 7) is 0. The van der Waals surface area contributed by atoms with Gasteiger partial charge < -0.3 is 0 Å². The number of benzene rings is 1. The fourth-order valence-corrected chi connectivity index (χ4v) is 2.88. The highest BCUT2D eigenvalue weighted by Gasteiger charge is 2.08. The Kier molecular flexibility index (Phi) is 2.93. The van der Waals surface area contributed by atoms with Gasteiger partial charge in [0.1, 0.15) is 6.29 Å². The van der Waals surface area contributed by atoms with Gasteiger partial charge in [0.25, 0.3) is 0 Å². The van der Waals surface area contributed by atoms with Gasteiger partial charge in [0.05, 0.1) is 10.4 Å². The van der Waals surface area contributed by atoms with Crippen LogP contribution < -0.4 is 0 Å². The van der Waals surface area contributed by atoms with Gasteiger partial charge in [-0.25, -0.2) is 0 Å². The topological polar surface area (TPSA) is 47.0 Å². The molecule has 0 saturated carbocycles. The molecule has 0 N–H and O–H groups in total. The van der Waals surface area contributed by atoms with Crippen LogP contribution in [-0.4, -0.2) is 17.6 Å². The highest BCUT2D eigenvalue weighted by atomic mass is 32.1. The predicted molar refractivity (Wildman–Crippen MR) is 75.8 cm³/mol. The van der Waals surface area contributed by atoms with E-state index in [-0.39, 0.29) is 0 Å². The van der Waals surface area contributed by atoms with Crippen LogP contribution >= 0.6 is 11.3 Å². The minimum absolute atomic E-state index is 0.619. The van der Waals surface area contributed by atoms with Crippen LogP contribution in [0.2, 0.25) is 0 Å². The molecule has 0 saturated heterocycles. The molecule has 2 heterocycles. The molecule has 19 heavy (non-hydrogen) atoms. The third kappa shape index (κ3) is 2.06. The van der Waals surface area contributed by atoms with Crippen molar-refractivity contribution in [3.8, 4) is 10.4 Å². The lowest BCUT2D eigenvalue weighted by Gasteiger charge is -2.04. The number of hydrogen-bond acceptors (Lipinski definition) is 4. The monoisotopic (exact) mass is 267 g/mol. The molecule has 0 unspecified atom stereocenters. The number of rotatable bonds is 3. The molecule has 0 amide bonds. The van der Waals surface area contributed by atoms with Crippen LogP contribution in [0.15, 0.2) is 42.6 Å². The van der Waals surface area contributed by atoms with Gasteiger partial charge >= 0.3 is 0 Å².